The van der Waals surface area contributed by atoms with E-state index in [9.17, 15) is 9.59 Å². The zero-order valence-corrected chi connectivity index (χ0v) is 9.48. The van der Waals surface area contributed by atoms with Crippen LogP contribution in [-0.2, 0) is 9.59 Å². The Balaban J connectivity index is 2.57. The standard InChI is InChI=1S/C12H13NO3/c1-7-10-5-4-9(16-3)6-11(10)13(8(2)14)12(7)15/h4-7H,1-3H3. The second-order valence-corrected chi connectivity index (χ2v) is 3.84. The number of fused-ring (bicyclic) bond motifs is 1. The van der Waals surface area contributed by atoms with Crippen molar-refractivity contribution in [3.05, 3.63) is 23.8 Å². The molecule has 0 aliphatic carbocycles. The van der Waals surface area contributed by atoms with E-state index in [-0.39, 0.29) is 17.7 Å². The van der Waals surface area contributed by atoms with Gasteiger partial charge >= 0.3 is 0 Å². The second kappa shape index (κ2) is 3.63. The lowest BCUT2D eigenvalue weighted by molar-refractivity contribution is -0.125. The Kier molecular flexibility index (Phi) is 2.42. The fraction of sp³-hybridized carbons (Fsp3) is 0.333. The van der Waals surface area contributed by atoms with Gasteiger partial charge in [-0.15, -0.1) is 0 Å². The molecule has 4 nitrogen and oxygen atoms in total. The van der Waals surface area contributed by atoms with Crippen LogP contribution in [0, 0.1) is 0 Å². The van der Waals surface area contributed by atoms with Crippen LogP contribution in [0.4, 0.5) is 5.69 Å². The van der Waals surface area contributed by atoms with E-state index in [2.05, 4.69) is 0 Å². The summed E-state index contributed by atoms with van der Waals surface area (Å²) >= 11 is 0. The van der Waals surface area contributed by atoms with E-state index in [1.807, 2.05) is 6.07 Å². The number of ether oxygens (including phenoxy) is 1. The first-order valence-electron chi connectivity index (χ1n) is 5.08. The van der Waals surface area contributed by atoms with Crippen molar-refractivity contribution in [2.24, 2.45) is 0 Å². The van der Waals surface area contributed by atoms with Crippen LogP contribution in [0.2, 0.25) is 0 Å². The summed E-state index contributed by atoms with van der Waals surface area (Å²) in [4.78, 5) is 24.5. The fourth-order valence-electron chi connectivity index (χ4n) is 1.98. The van der Waals surface area contributed by atoms with Crippen molar-refractivity contribution in [2.75, 3.05) is 12.0 Å². The van der Waals surface area contributed by atoms with E-state index in [1.165, 1.54) is 11.8 Å². The van der Waals surface area contributed by atoms with Gasteiger partial charge in [-0.25, -0.2) is 4.90 Å². The number of carbonyl (C=O) groups excluding carboxylic acids is 2. The molecule has 0 saturated carbocycles. The Morgan fingerprint density at radius 1 is 1.44 bits per heavy atom. The Hall–Kier alpha value is -1.84. The molecule has 1 aliphatic rings. The third-order valence-corrected chi connectivity index (χ3v) is 2.85. The summed E-state index contributed by atoms with van der Waals surface area (Å²) in [6.45, 7) is 3.19. The molecule has 1 aromatic carbocycles. The van der Waals surface area contributed by atoms with Crippen molar-refractivity contribution >= 4 is 17.5 Å². The van der Waals surface area contributed by atoms with E-state index >= 15 is 0 Å². The van der Waals surface area contributed by atoms with Gasteiger partial charge in [0.2, 0.25) is 11.8 Å². The van der Waals surface area contributed by atoms with Crippen molar-refractivity contribution in [1.82, 2.24) is 0 Å². The average molecular weight is 219 g/mol. The highest BCUT2D eigenvalue weighted by atomic mass is 16.5. The molecule has 0 fully saturated rings. The summed E-state index contributed by atoms with van der Waals surface area (Å²) in [6, 6.07) is 5.35. The van der Waals surface area contributed by atoms with Gasteiger partial charge in [0.1, 0.15) is 5.75 Å². The number of carbonyl (C=O) groups is 2. The van der Waals surface area contributed by atoms with Crippen molar-refractivity contribution in [1.29, 1.82) is 0 Å². The maximum atomic E-state index is 11.9. The Morgan fingerprint density at radius 3 is 2.69 bits per heavy atom. The molecule has 4 heteroatoms. The fourth-order valence-corrected chi connectivity index (χ4v) is 1.98. The van der Waals surface area contributed by atoms with E-state index in [0.29, 0.717) is 11.4 Å². The number of rotatable bonds is 1. The second-order valence-electron chi connectivity index (χ2n) is 3.84. The predicted octanol–water partition coefficient (Wildman–Crippen LogP) is 1.69. The van der Waals surface area contributed by atoms with Gasteiger partial charge in [-0.2, -0.15) is 0 Å². The molecule has 0 radical (unpaired) electrons. The lowest BCUT2D eigenvalue weighted by atomic mass is 10.0. The Labute approximate surface area is 93.8 Å². The number of amides is 2. The molecule has 0 bridgehead atoms. The topological polar surface area (TPSA) is 46.6 Å². The van der Waals surface area contributed by atoms with Gasteiger partial charge in [-0.1, -0.05) is 6.07 Å². The minimum atomic E-state index is -0.260. The monoisotopic (exact) mass is 219 g/mol. The molecule has 16 heavy (non-hydrogen) atoms. The molecule has 0 spiro atoms. The number of hydrogen-bond acceptors (Lipinski definition) is 3. The molecule has 1 heterocycles. The largest absolute Gasteiger partial charge is 0.497 e. The van der Waals surface area contributed by atoms with Crippen LogP contribution in [0.25, 0.3) is 0 Å². The third-order valence-electron chi connectivity index (χ3n) is 2.85. The molecular weight excluding hydrogens is 206 g/mol. The first-order valence-corrected chi connectivity index (χ1v) is 5.08. The van der Waals surface area contributed by atoms with Gasteiger partial charge in [0.25, 0.3) is 0 Å². The minimum Gasteiger partial charge on any atom is -0.497 e. The highest BCUT2D eigenvalue weighted by Gasteiger charge is 2.36. The zero-order chi connectivity index (χ0) is 11.9. The van der Waals surface area contributed by atoms with E-state index in [1.54, 1.807) is 26.2 Å². The van der Waals surface area contributed by atoms with Crippen LogP contribution in [0.5, 0.6) is 5.75 Å². The molecule has 1 unspecified atom stereocenters. The van der Waals surface area contributed by atoms with E-state index < -0.39 is 0 Å². The van der Waals surface area contributed by atoms with Gasteiger partial charge < -0.3 is 4.74 Å². The summed E-state index contributed by atoms with van der Waals surface area (Å²) in [6.07, 6.45) is 0. The minimum absolute atomic E-state index is 0.171. The normalized spacial score (nSPS) is 18.6. The Bertz CT molecular complexity index is 467. The van der Waals surface area contributed by atoms with Crippen molar-refractivity contribution in [3.8, 4) is 5.75 Å². The maximum Gasteiger partial charge on any atom is 0.241 e. The van der Waals surface area contributed by atoms with Gasteiger partial charge in [0, 0.05) is 13.0 Å². The summed E-state index contributed by atoms with van der Waals surface area (Å²) < 4.78 is 5.09. The van der Waals surface area contributed by atoms with Crippen molar-refractivity contribution in [2.45, 2.75) is 19.8 Å². The lowest BCUT2D eigenvalue weighted by Crippen LogP contribution is -2.32. The number of methoxy groups -OCH3 is 1. The average Bonchev–Trinajstić information content (AvgIpc) is 2.51. The molecule has 1 aromatic rings. The first-order chi connectivity index (χ1) is 7.56. The third kappa shape index (κ3) is 1.38. The zero-order valence-electron chi connectivity index (χ0n) is 9.48. The highest BCUT2D eigenvalue weighted by molar-refractivity contribution is 6.20. The number of hydrogen-bond donors (Lipinski definition) is 0. The van der Waals surface area contributed by atoms with Gasteiger partial charge in [0.15, 0.2) is 0 Å². The van der Waals surface area contributed by atoms with Crippen LogP contribution in [0.15, 0.2) is 18.2 Å². The predicted molar refractivity (Wildman–Crippen MR) is 59.6 cm³/mol. The van der Waals surface area contributed by atoms with E-state index in [4.69, 9.17) is 4.74 Å². The molecular formula is C12H13NO3. The molecule has 84 valence electrons. The van der Waals surface area contributed by atoms with Crippen LogP contribution < -0.4 is 9.64 Å². The summed E-state index contributed by atoms with van der Waals surface area (Å²) in [5.41, 5.74) is 1.52. The van der Waals surface area contributed by atoms with Crippen molar-refractivity contribution < 1.29 is 14.3 Å². The SMILES string of the molecule is COc1ccc2c(c1)N(C(C)=O)C(=O)C2C. The molecule has 0 N–H and O–H groups in total. The molecule has 0 saturated heterocycles. The van der Waals surface area contributed by atoms with Gasteiger partial charge in [-0.3, -0.25) is 9.59 Å². The molecule has 2 amide bonds. The van der Waals surface area contributed by atoms with Gasteiger partial charge in [0.05, 0.1) is 18.7 Å². The molecule has 0 aromatic heterocycles. The van der Waals surface area contributed by atoms with Crippen LogP contribution >= 0.6 is 0 Å². The Morgan fingerprint density at radius 2 is 2.12 bits per heavy atom. The number of nitrogens with zero attached hydrogens (tertiary/aromatic N) is 1. The van der Waals surface area contributed by atoms with Crippen molar-refractivity contribution in [3.63, 3.8) is 0 Å². The quantitative estimate of drug-likeness (QED) is 0.722. The highest BCUT2D eigenvalue weighted by Crippen LogP contribution is 2.39. The first kappa shape index (κ1) is 10.7. The number of anilines is 1. The summed E-state index contributed by atoms with van der Waals surface area (Å²) in [5.74, 6) is -0.0451. The summed E-state index contributed by atoms with van der Waals surface area (Å²) in [7, 11) is 1.56. The molecule has 2 rings (SSSR count). The van der Waals surface area contributed by atoms with Crippen LogP contribution in [0.1, 0.15) is 25.3 Å². The summed E-state index contributed by atoms with van der Waals surface area (Å²) in [5, 5.41) is 0. The number of benzene rings is 1. The van der Waals surface area contributed by atoms with Crippen LogP contribution in [0.3, 0.4) is 0 Å². The van der Waals surface area contributed by atoms with Gasteiger partial charge in [-0.05, 0) is 18.6 Å². The van der Waals surface area contributed by atoms with E-state index in [0.717, 1.165) is 5.56 Å². The maximum absolute atomic E-state index is 11.9. The molecule has 1 atom stereocenters. The number of imide groups is 1. The van der Waals surface area contributed by atoms with Crippen LogP contribution in [-0.4, -0.2) is 18.9 Å². The lowest BCUT2D eigenvalue weighted by Gasteiger charge is -2.13. The molecule has 1 aliphatic heterocycles. The smallest absolute Gasteiger partial charge is 0.241 e.